The molecule has 1 N–H and O–H groups in total. The van der Waals surface area contributed by atoms with Crippen molar-refractivity contribution in [2.24, 2.45) is 0 Å². The first-order chi connectivity index (χ1) is 11.5. The molecular formula is C16H28N2O5S. The normalized spacial score (nSPS) is 11.7. The number of nitrogens with zero attached hydrogens (tertiary/aromatic N) is 1. The molecule has 1 aromatic rings. The second kappa shape index (κ2) is 10.5. The first-order valence-electron chi connectivity index (χ1n) is 8.00. The molecule has 0 aliphatic heterocycles. The summed E-state index contributed by atoms with van der Waals surface area (Å²) >= 11 is 0. The lowest BCUT2D eigenvalue weighted by atomic mass is 10.3. The maximum atomic E-state index is 12.3. The van der Waals surface area contributed by atoms with Gasteiger partial charge < -0.3 is 19.1 Å². The summed E-state index contributed by atoms with van der Waals surface area (Å²) in [5, 5.41) is 0. The average molecular weight is 360 g/mol. The molecule has 0 heterocycles. The van der Waals surface area contributed by atoms with Crippen molar-refractivity contribution in [3.63, 3.8) is 0 Å². The fraction of sp³-hybridized carbons (Fsp3) is 0.625. The molecule has 1 aromatic carbocycles. The maximum absolute atomic E-state index is 12.3. The number of ether oxygens (including phenoxy) is 3. The molecule has 1 rings (SSSR count). The number of hydrogen-bond donors (Lipinski definition) is 1. The summed E-state index contributed by atoms with van der Waals surface area (Å²) in [6.07, 6.45) is 0. The van der Waals surface area contributed by atoms with Crippen molar-refractivity contribution < 1.29 is 22.6 Å². The lowest BCUT2D eigenvalue weighted by molar-refractivity contribution is 0.111. The van der Waals surface area contributed by atoms with Gasteiger partial charge in [0.25, 0.3) is 0 Å². The Morgan fingerprint density at radius 2 is 1.71 bits per heavy atom. The van der Waals surface area contributed by atoms with E-state index in [9.17, 15) is 8.42 Å². The molecule has 24 heavy (non-hydrogen) atoms. The van der Waals surface area contributed by atoms with Gasteiger partial charge in [0.2, 0.25) is 10.0 Å². The Balaban J connectivity index is 2.47. The van der Waals surface area contributed by atoms with Crippen LogP contribution in [0.1, 0.15) is 13.8 Å². The third-order valence-electron chi connectivity index (χ3n) is 3.65. The maximum Gasteiger partial charge on any atom is 0.240 e. The van der Waals surface area contributed by atoms with Crippen LogP contribution in [0.25, 0.3) is 0 Å². The minimum absolute atomic E-state index is 0.128. The van der Waals surface area contributed by atoms with Gasteiger partial charge in [0, 0.05) is 19.2 Å². The number of nitrogens with one attached hydrogen (secondary N) is 1. The van der Waals surface area contributed by atoms with Crippen LogP contribution in [0.4, 0.5) is 0 Å². The number of methoxy groups -OCH3 is 2. The zero-order valence-corrected chi connectivity index (χ0v) is 15.7. The van der Waals surface area contributed by atoms with Crippen LogP contribution in [0.5, 0.6) is 11.5 Å². The lowest BCUT2D eigenvalue weighted by Gasteiger charge is -2.17. The minimum atomic E-state index is -3.61. The quantitative estimate of drug-likeness (QED) is 0.567. The van der Waals surface area contributed by atoms with E-state index < -0.39 is 10.0 Å². The van der Waals surface area contributed by atoms with E-state index in [-0.39, 0.29) is 11.4 Å². The minimum Gasteiger partial charge on any atom is -0.493 e. The highest BCUT2D eigenvalue weighted by Gasteiger charge is 2.16. The molecule has 0 amide bonds. The van der Waals surface area contributed by atoms with Crippen molar-refractivity contribution in [3.05, 3.63) is 18.2 Å². The van der Waals surface area contributed by atoms with Gasteiger partial charge in [-0.15, -0.1) is 0 Å². The van der Waals surface area contributed by atoms with Gasteiger partial charge in [-0.25, -0.2) is 13.1 Å². The molecule has 7 nitrogen and oxygen atoms in total. The summed E-state index contributed by atoms with van der Waals surface area (Å²) in [4.78, 5) is 2.37. The largest absolute Gasteiger partial charge is 0.493 e. The van der Waals surface area contributed by atoms with E-state index in [1.54, 1.807) is 6.07 Å². The first kappa shape index (κ1) is 20.7. The SMILES string of the molecule is CCN(CC)CCOCCNS(=O)(=O)c1ccc(OC)c(OC)c1. The molecule has 0 saturated carbocycles. The Kier molecular flexibility index (Phi) is 9.05. The summed E-state index contributed by atoms with van der Waals surface area (Å²) in [7, 11) is -0.643. The van der Waals surface area contributed by atoms with E-state index >= 15 is 0 Å². The molecule has 0 saturated heterocycles. The Hall–Kier alpha value is -1.35. The molecule has 0 radical (unpaired) electrons. The molecule has 8 heteroatoms. The van der Waals surface area contributed by atoms with Crippen LogP contribution in [0, 0.1) is 0 Å². The van der Waals surface area contributed by atoms with Crippen LogP contribution in [0.3, 0.4) is 0 Å². The fourth-order valence-corrected chi connectivity index (χ4v) is 3.18. The zero-order valence-electron chi connectivity index (χ0n) is 14.9. The predicted octanol–water partition coefficient (Wildman–Crippen LogP) is 1.34. The van der Waals surface area contributed by atoms with Gasteiger partial charge in [0.15, 0.2) is 11.5 Å². The second-order valence-electron chi connectivity index (χ2n) is 5.05. The van der Waals surface area contributed by atoms with Gasteiger partial charge in [0.05, 0.1) is 32.3 Å². The van der Waals surface area contributed by atoms with Crippen LogP contribution in [0.15, 0.2) is 23.1 Å². The van der Waals surface area contributed by atoms with Gasteiger partial charge >= 0.3 is 0 Å². The van der Waals surface area contributed by atoms with Gasteiger partial charge in [-0.3, -0.25) is 0 Å². The molecule has 0 aromatic heterocycles. The topological polar surface area (TPSA) is 77.1 Å². The number of benzene rings is 1. The molecular weight excluding hydrogens is 332 g/mol. The molecule has 0 spiro atoms. The van der Waals surface area contributed by atoms with E-state index in [1.807, 2.05) is 0 Å². The first-order valence-corrected chi connectivity index (χ1v) is 9.48. The number of rotatable bonds is 12. The predicted molar refractivity (Wildman–Crippen MR) is 93.3 cm³/mol. The number of hydrogen-bond acceptors (Lipinski definition) is 6. The van der Waals surface area contributed by atoms with Gasteiger partial charge in [-0.1, -0.05) is 13.8 Å². The Morgan fingerprint density at radius 1 is 1.04 bits per heavy atom. The second-order valence-corrected chi connectivity index (χ2v) is 6.82. The summed E-state index contributed by atoms with van der Waals surface area (Å²) < 4.78 is 42.7. The van der Waals surface area contributed by atoms with Crippen LogP contribution in [0.2, 0.25) is 0 Å². The van der Waals surface area contributed by atoms with E-state index in [2.05, 4.69) is 23.5 Å². The Labute approximate surface area is 144 Å². The Bertz CT molecular complexity index is 588. The van der Waals surface area contributed by atoms with E-state index in [4.69, 9.17) is 14.2 Å². The standard InChI is InChI=1S/C16H28N2O5S/c1-5-18(6-2)10-12-23-11-9-17-24(19,20)14-7-8-15(21-3)16(13-14)22-4/h7-8,13,17H,5-6,9-12H2,1-4H3. The number of likely N-dealkylation sites (N-methyl/N-ethyl adjacent to an activating group) is 1. The highest BCUT2D eigenvalue weighted by atomic mass is 32.2. The van der Waals surface area contributed by atoms with Crippen molar-refractivity contribution in [3.8, 4) is 11.5 Å². The third-order valence-corrected chi connectivity index (χ3v) is 5.11. The van der Waals surface area contributed by atoms with Crippen LogP contribution in [-0.4, -0.2) is 66.9 Å². The van der Waals surface area contributed by atoms with Crippen molar-refractivity contribution in [2.45, 2.75) is 18.7 Å². The van der Waals surface area contributed by atoms with E-state index in [1.165, 1.54) is 26.4 Å². The third kappa shape index (κ3) is 6.27. The van der Waals surface area contributed by atoms with Crippen molar-refractivity contribution >= 4 is 10.0 Å². The highest BCUT2D eigenvalue weighted by molar-refractivity contribution is 7.89. The monoisotopic (exact) mass is 360 g/mol. The molecule has 0 atom stereocenters. The average Bonchev–Trinajstić information content (AvgIpc) is 2.60. The molecule has 0 fully saturated rings. The van der Waals surface area contributed by atoms with Crippen molar-refractivity contribution in [2.75, 3.05) is 53.6 Å². The van der Waals surface area contributed by atoms with Crippen LogP contribution in [-0.2, 0) is 14.8 Å². The van der Waals surface area contributed by atoms with Gasteiger partial charge in [-0.05, 0) is 25.2 Å². The zero-order chi connectivity index (χ0) is 18.0. The molecule has 0 aliphatic rings. The smallest absolute Gasteiger partial charge is 0.240 e. The van der Waals surface area contributed by atoms with E-state index in [0.717, 1.165) is 19.6 Å². The summed E-state index contributed by atoms with van der Waals surface area (Å²) in [5.74, 6) is 0.854. The Morgan fingerprint density at radius 3 is 2.29 bits per heavy atom. The van der Waals surface area contributed by atoms with Crippen molar-refractivity contribution in [1.29, 1.82) is 0 Å². The highest BCUT2D eigenvalue weighted by Crippen LogP contribution is 2.29. The van der Waals surface area contributed by atoms with Crippen LogP contribution < -0.4 is 14.2 Å². The van der Waals surface area contributed by atoms with Gasteiger partial charge in [-0.2, -0.15) is 0 Å². The van der Waals surface area contributed by atoms with Gasteiger partial charge in [0.1, 0.15) is 0 Å². The molecule has 138 valence electrons. The molecule has 0 unspecified atom stereocenters. The fourth-order valence-electron chi connectivity index (χ4n) is 2.15. The van der Waals surface area contributed by atoms with Crippen molar-refractivity contribution in [1.82, 2.24) is 9.62 Å². The lowest BCUT2D eigenvalue weighted by Crippen LogP contribution is -2.30. The van der Waals surface area contributed by atoms with E-state index in [0.29, 0.717) is 24.7 Å². The molecule has 0 aliphatic carbocycles. The summed E-state index contributed by atoms with van der Waals surface area (Å²) in [6.45, 7) is 8.12. The number of sulfonamides is 1. The summed E-state index contributed by atoms with van der Waals surface area (Å²) in [5.41, 5.74) is 0. The summed E-state index contributed by atoms with van der Waals surface area (Å²) in [6, 6.07) is 4.47. The van der Waals surface area contributed by atoms with Crippen LogP contribution >= 0.6 is 0 Å². The molecule has 0 bridgehead atoms.